The van der Waals surface area contributed by atoms with Crippen LogP contribution < -0.4 is 10.3 Å². The molecule has 4 aromatic rings. The Kier molecular flexibility index (Phi) is 4.22. The fourth-order valence-corrected chi connectivity index (χ4v) is 3.43. The van der Waals surface area contributed by atoms with Gasteiger partial charge in [-0.3, -0.25) is 9.78 Å². The first-order valence-electron chi connectivity index (χ1n) is 8.11. The lowest BCUT2D eigenvalue weighted by molar-refractivity contribution is 0.871. The summed E-state index contributed by atoms with van der Waals surface area (Å²) < 4.78 is 4.84. The molecule has 26 heavy (non-hydrogen) atoms. The van der Waals surface area contributed by atoms with Crippen LogP contribution in [0.3, 0.4) is 0 Å². The molecule has 130 valence electrons. The topological polar surface area (TPSA) is 75.6 Å². The predicted octanol–water partition coefficient (Wildman–Crippen LogP) is 3.75. The minimum atomic E-state index is -0.0483. The van der Waals surface area contributed by atoms with Crippen LogP contribution in [0.15, 0.2) is 64.8 Å². The van der Waals surface area contributed by atoms with Crippen molar-refractivity contribution < 1.29 is 0 Å². The van der Waals surface area contributed by atoms with Crippen LogP contribution in [0.4, 0.5) is 5.82 Å². The van der Waals surface area contributed by atoms with Gasteiger partial charge in [0.1, 0.15) is 11.3 Å². The van der Waals surface area contributed by atoms with Gasteiger partial charge in [-0.05, 0) is 48.7 Å². The monoisotopic (exact) mass is 363 g/mol. The molecule has 0 unspecified atom stereocenters. The van der Waals surface area contributed by atoms with Crippen LogP contribution in [0.25, 0.3) is 22.2 Å². The smallest absolute Gasteiger partial charge is 0.274 e. The van der Waals surface area contributed by atoms with E-state index in [-0.39, 0.29) is 5.56 Å². The van der Waals surface area contributed by atoms with Gasteiger partial charge >= 0.3 is 0 Å². The molecular formula is C19H17N5OS. The van der Waals surface area contributed by atoms with Crippen molar-refractivity contribution in [3.05, 3.63) is 71.0 Å². The minimum Gasteiger partial charge on any atom is -0.357 e. The quantitative estimate of drug-likeness (QED) is 0.540. The lowest BCUT2D eigenvalue weighted by Gasteiger charge is -2.11. The third kappa shape index (κ3) is 2.97. The number of nitrogens with one attached hydrogen (secondary N) is 2. The maximum atomic E-state index is 12.3. The molecule has 0 radical (unpaired) electrons. The van der Waals surface area contributed by atoms with Gasteiger partial charge in [-0.15, -0.1) is 0 Å². The number of hydrogen-bond donors (Lipinski definition) is 2. The summed E-state index contributed by atoms with van der Waals surface area (Å²) in [4.78, 5) is 25.2. The molecule has 4 rings (SSSR count). The van der Waals surface area contributed by atoms with E-state index < -0.39 is 0 Å². The number of H-pyrrole nitrogens is 1. The number of aryl methyl sites for hydroxylation is 2. The lowest BCUT2D eigenvalue weighted by atomic mass is 10.1. The SMILES string of the molecule is Cc1ccc(NSc2cccnc2)nc1-c1cn(C)c(=O)c2[nH]ccc12. The highest BCUT2D eigenvalue weighted by Gasteiger charge is 2.13. The second-order valence-corrected chi connectivity index (χ2v) is 6.86. The zero-order valence-electron chi connectivity index (χ0n) is 14.4. The maximum absolute atomic E-state index is 12.3. The Morgan fingerprint density at radius 2 is 2.12 bits per heavy atom. The van der Waals surface area contributed by atoms with Crippen molar-refractivity contribution in [1.82, 2.24) is 19.5 Å². The third-order valence-corrected chi connectivity index (χ3v) is 4.94. The Morgan fingerprint density at radius 3 is 2.92 bits per heavy atom. The molecule has 0 aliphatic heterocycles. The zero-order valence-corrected chi connectivity index (χ0v) is 15.2. The first-order chi connectivity index (χ1) is 12.6. The van der Waals surface area contributed by atoms with E-state index in [9.17, 15) is 4.79 Å². The van der Waals surface area contributed by atoms with E-state index in [1.54, 1.807) is 30.2 Å². The van der Waals surface area contributed by atoms with Gasteiger partial charge in [-0.2, -0.15) is 0 Å². The molecule has 4 heterocycles. The van der Waals surface area contributed by atoms with Gasteiger partial charge in [0.15, 0.2) is 0 Å². The van der Waals surface area contributed by atoms with Crippen molar-refractivity contribution in [3.8, 4) is 11.3 Å². The summed E-state index contributed by atoms with van der Waals surface area (Å²) in [6.45, 7) is 2.02. The predicted molar refractivity (Wildman–Crippen MR) is 105 cm³/mol. The molecule has 0 atom stereocenters. The van der Waals surface area contributed by atoms with Crippen molar-refractivity contribution in [2.75, 3.05) is 4.72 Å². The summed E-state index contributed by atoms with van der Waals surface area (Å²) >= 11 is 1.46. The number of pyridine rings is 3. The molecule has 0 amide bonds. The second-order valence-electron chi connectivity index (χ2n) is 5.98. The Balaban J connectivity index is 1.74. The van der Waals surface area contributed by atoms with E-state index in [0.717, 1.165) is 32.9 Å². The summed E-state index contributed by atoms with van der Waals surface area (Å²) in [6, 6.07) is 9.76. The standard InChI is InChI=1S/C19H17N5OS/c1-12-5-6-16(23-26-13-4-3-8-20-10-13)22-17(12)15-11-24(2)19(25)18-14(15)7-9-21-18/h3-11,21H,1-2H3,(H,22,23). The molecular weight excluding hydrogens is 346 g/mol. The van der Waals surface area contributed by atoms with Crippen LogP contribution in [0, 0.1) is 6.92 Å². The summed E-state index contributed by atoms with van der Waals surface area (Å²) in [6.07, 6.45) is 7.16. The molecule has 2 N–H and O–H groups in total. The highest BCUT2D eigenvalue weighted by Crippen LogP contribution is 2.29. The number of anilines is 1. The van der Waals surface area contributed by atoms with E-state index in [4.69, 9.17) is 4.98 Å². The summed E-state index contributed by atoms with van der Waals surface area (Å²) in [5.41, 5.74) is 3.36. The fraction of sp³-hybridized carbons (Fsp3) is 0.105. The van der Waals surface area contributed by atoms with Gasteiger partial charge in [-0.1, -0.05) is 6.07 Å². The zero-order chi connectivity index (χ0) is 18.1. The Hall–Kier alpha value is -3.06. The highest BCUT2D eigenvalue weighted by atomic mass is 32.2. The van der Waals surface area contributed by atoms with Gasteiger partial charge in [0.05, 0.1) is 5.69 Å². The van der Waals surface area contributed by atoms with Gasteiger partial charge < -0.3 is 14.3 Å². The molecule has 0 aliphatic carbocycles. The van der Waals surface area contributed by atoms with Crippen LogP contribution in [-0.2, 0) is 7.05 Å². The molecule has 7 heteroatoms. The summed E-state index contributed by atoms with van der Waals surface area (Å²) in [7, 11) is 1.75. The van der Waals surface area contributed by atoms with Crippen LogP contribution in [0.5, 0.6) is 0 Å². The minimum absolute atomic E-state index is 0.0483. The number of nitrogens with zero attached hydrogens (tertiary/aromatic N) is 3. The van der Waals surface area contributed by atoms with Crippen LogP contribution >= 0.6 is 11.9 Å². The first-order valence-corrected chi connectivity index (χ1v) is 8.93. The molecule has 6 nitrogen and oxygen atoms in total. The molecule has 0 fully saturated rings. The molecule has 0 saturated heterocycles. The van der Waals surface area contributed by atoms with E-state index in [0.29, 0.717) is 5.52 Å². The molecule has 0 saturated carbocycles. The number of rotatable bonds is 4. The van der Waals surface area contributed by atoms with Crippen molar-refractivity contribution in [1.29, 1.82) is 0 Å². The molecule has 4 aromatic heterocycles. The maximum Gasteiger partial charge on any atom is 0.274 e. The molecule has 0 spiro atoms. The third-order valence-electron chi connectivity index (χ3n) is 4.15. The van der Waals surface area contributed by atoms with E-state index in [1.807, 2.05) is 43.5 Å². The van der Waals surface area contributed by atoms with Gasteiger partial charge in [0, 0.05) is 47.7 Å². The summed E-state index contributed by atoms with van der Waals surface area (Å²) in [5.74, 6) is 0.747. The Bertz CT molecular complexity index is 1130. The molecule has 0 aromatic carbocycles. The number of hydrogen-bond acceptors (Lipinski definition) is 5. The number of aromatic amines is 1. The largest absolute Gasteiger partial charge is 0.357 e. The average Bonchev–Trinajstić information content (AvgIpc) is 3.15. The van der Waals surface area contributed by atoms with E-state index in [1.165, 1.54) is 11.9 Å². The van der Waals surface area contributed by atoms with Crippen molar-refractivity contribution in [3.63, 3.8) is 0 Å². The highest BCUT2D eigenvalue weighted by molar-refractivity contribution is 8.00. The normalized spacial score (nSPS) is 11.0. The first kappa shape index (κ1) is 16.4. The summed E-state index contributed by atoms with van der Waals surface area (Å²) in [5, 5.41) is 0.876. The van der Waals surface area contributed by atoms with Gasteiger partial charge in [-0.25, -0.2) is 4.98 Å². The Morgan fingerprint density at radius 1 is 1.23 bits per heavy atom. The lowest BCUT2D eigenvalue weighted by Crippen LogP contribution is -2.16. The van der Waals surface area contributed by atoms with Crippen LogP contribution in [0.2, 0.25) is 0 Å². The average molecular weight is 363 g/mol. The van der Waals surface area contributed by atoms with Crippen LogP contribution in [0.1, 0.15) is 5.56 Å². The van der Waals surface area contributed by atoms with E-state index in [2.05, 4.69) is 14.7 Å². The fourth-order valence-electron chi connectivity index (χ4n) is 2.83. The molecule has 0 aliphatic rings. The number of aromatic nitrogens is 4. The molecule has 0 bridgehead atoms. The van der Waals surface area contributed by atoms with Crippen molar-refractivity contribution in [2.24, 2.45) is 7.05 Å². The van der Waals surface area contributed by atoms with Crippen molar-refractivity contribution in [2.45, 2.75) is 11.8 Å². The van der Waals surface area contributed by atoms with Gasteiger partial charge in [0.2, 0.25) is 0 Å². The Labute approximate surface area is 154 Å². The van der Waals surface area contributed by atoms with Crippen LogP contribution in [-0.4, -0.2) is 19.5 Å². The van der Waals surface area contributed by atoms with Gasteiger partial charge in [0.25, 0.3) is 5.56 Å². The van der Waals surface area contributed by atoms with E-state index >= 15 is 0 Å². The number of fused-ring (bicyclic) bond motifs is 1. The van der Waals surface area contributed by atoms with Crippen molar-refractivity contribution >= 4 is 28.7 Å². The second kappa shape index (κ2) is 6.68.